The highest BCUT2D eigenvalue weighted by atomic mass is 32.1. The van der Waals surface area contributed by atoms with Crippen molar-refractivity contribution in [1.29, 1.82) is 0 Å². The van der Waals surface area contributed by atoms with Gasteiger partial charge in [-0.15, -0.1) is 0 Å². The maximum absolute atomic E-state index is 13.5. The molecule has 0 saturated carbocycles. The maximum Gasteiger partial charge on any atom is 0.197 e. The summed E-state index contributed by atoms with van der Waals surface area (Å²) in [4.78, 5) is 0. The second-order valence-corrected chi connectivity index (χ2v) is 4.52. The minimum atomic E-state index is -0.480. The Morgan fingerprint density at radius 3 is 2.95 bits per heavy atom. The smallest absolute Gasteiger partial charge is 0.197 e. The zero-order chi connectivity index (χ0) is 13.8. The Labute approximate surface area is 113 Å². The van der Waals surface area contributed by atoms with Gasteiger partial charge in [-0.3, -0.25) is 0 Å². The van der Waals surface area contributed by atoms with Crippen molar-refractivity contribution in [2.45, 2.75) is 13.5 Å². The Hall–Kier alpha value is -1.89. The molecule has 1 heterocycles. The van der Waals surface area contributed by atoms with E-state index >= 15 is 0 Å². The summed E-state index contributed by atoms with van der Waals surface area (Å²) in [7, 11) is 0. The number of nitrogens with zero attached hydrogens (tertiary/aromatic N) is 1. The number of nitrogens with one attached hydrogen (secondary N) is 1. The molecule has 19 heavy (non-hydrogen) atoms. The molecule has 1 aromatic heterocycles. The monoisotopic (exact) mass is 285 g/mol. The van der Waals surface area contributed by atoms with Crippen LogP contribution >= 0.6 is 11.5 Å². The van der Waals surface area contributed by atoms with E-state index in [1.54, 1.807) is 0 Å². The molecular weight excluding hydrogens is 272 g/mol. The SMILES string of the molecule is CCOc1c(N)nsc1NCc1cc(F)ccc1F. The Kier molecular flexibility index (Phi) is 4.16. The highest BCUT2D eigenvalue weighted by Gasteiger charge is 2.13. The Morgan fingerprint density at radius 1 is 1.42 bits per heavy atom. The molecule has 0 aliphatic carbocycles. The summed E-state index contributed by atoms with van der Waals surface area (Å²) in [6, 6.07) is 3.32. The van der Waals surface area contributed by atoms with E-state index in [9.17, 15) is 8.78 Å². The normalized spacial score (nSPS) is 10.5. The number of nitrogens with two attached hydrogens (primary N) is 1. The number of aromatic nitrogens is 1. The second-order valence-electron chi connectivity index (χ2n) is 3.75. The summed E-state index contributed by atoms with van der Waals surface area (Å²) < 4.78 is 35.8. The van der Waals surface area contributed by atoms with E-state index in [0.717, 1.165) is 29.7 Å². The first-order chi connectivity index (χ1) is 9.11. The summed E-state index contributed by atoms with van der Waals surface area (Å²) in [5.74, 6) is -0.213. The van der Waals surface area contributed by atoms with Crippen LogP contribution in [0.3, 0.4) is 0 Å². The molecule has 0 aliphatic rings. The van der Waals surface area contributed by atoms with Crippen molar-refractivity contribution >= 4 is 22.4 Å². The third kappa shape index (κ3) is 3.11. The highest BCUT2D eigenvalue weighted by molar-refractivity contribution is 7.11. The van der Waals surface area contributed by atoms with E-state index < -0.39 is 11.6 Å². The Morgan fingerprint density at radius 2 is 2.21 bits per heavy atom. The lowest BCUT2D eigenvalue weighted by molar-refractivity contribution is 0.344. The van der Waals surface area contributed by atoms with Crippen LogP contribution in [0.5, 0.6) is 5.75 Å². The van der Waals surface area contributed by atoms with Crippen LogP contribution in [-0.4, -0.2) is 11.0 Å². The largest absolute Gasteiger partial charge is 0.487 e. The van der Waals surface area contributed by atoms with Crippen molar-refractivity contribution in [3.8, 4) is 5.75 Å². The highest BCUT2D eigenvalue weighted by Crippen LogP contribution is 2.35. The van der Waals surface area contributed by atoms with Crippen molar-refractivity contribution < 1.29 is 13.5 Å². The summed E-state index contributed by atoms with van der Waals surface area (Å²) in [5, 5.41) is 3.55. The molecule has 2 rings (SSSR count). The van der Waals surface area contributed by atoms with Crippen LogP contribution in [-0.2, 0) is 6.54 Å². The van der Waals surface area contributed by atoms with Crippen LogP contribution in [0.15, 0.2) is 18.2 Å². The van der Waals surface area contributed by atoms with Crippen molar-refractivity contribution in [2.24, 2.45) is 0 Å². The van der Waals surface area contributed by atoms with Gasteiger partial charge in [-0.1, -0.05) is 0 Å². The molecular formula is C12H13F2N3OS. The fourth-order valence-corrected chi connectivity index (χ4v) is 2.20. The molecule has 1 aromatic carbocycles. The van der Waals surface area contributed by atoms with Crippen LogP contribution in [0.4, 0.5) is 19.6 Å². The lowest BCUT2D eigenvalue weighted by Gasteiger charge is -2.08. The zero-order valence-corrected chi connectivity index (χ0v) is 11.1. The molecule has 0 fully saturated rings. The minimum absolute atomic E-state index is 0.130. The molecule has 0 radical (unpaired) electrons. The molecule has 0 amide bonds. The van der Waals surface area contributed by atoms with Gasteiger partial charge in [0.15, 0.2) is 16.6 Å². The van der Waals surface area contributed by atoms with Gasteiger partial charge in [-0.2, -0.15) is 4.37 Å². The third-order valence-corrected chi connectivity index (χ3v) is 3.21. The predicted octanol–water partition coefficient (Wildman–Crippen LogP) is 3.01. The van der Waals surface area contributed by atoms with Crippen LogP contribution in [0.2, 0.25) is 0 Å². The number of halogens is 2. The molecule has 0 unspecified atom stereocenters. The average Bonchev–Trinajstić information content (AvgIpc) is 2.73. The summed E-state index contributed by atoms with van der Waals surface area (Å²) >= 11 is 1.12. The van der Waals surface area contributed by atoms with Gasteiger partial charge in [-0.25, -0.2) is 8.78 Å². The first kappa shape index (κ1) is 13.5. The van der Waals surface area contributed by atoms with Gasteiger partial charge >= 0.3 is 0 Å². The van der Waals surface area contributed by atoms with E-state index in [1.165, 1.54) is 0 Å². The Balaban J connectivity index is 2.12. The number of ether oxygens (including phenoxy) is 1. The molecule has 7 heteroatoms. The number of hydrogen-bond acceptors (Lipinski definition) is 5. The number of nitrogen functional groups attached to an aromatic ring is 1. The van der Waals surface area contributed by atoms with Crippen LogP contribution in [0.25, 0.3) is 0 Å². The molecule has 0 saturated heterocycles. The second kappa shape index (κ2) is 5.83. The first-order valence-electron chi connectivity index (χ1n) is 5.67. The van der Waals surface area contributed by atoms with Gasteiger partial charge in [0.05, 0.1) is 6.61 Å². The van der Waals surface area contributed by atoms with Gasteiger partial charge in [0.25, 0.3) is 0 Å². The quantitative estimate of drug-likeness (QED) is 0.886. The molecule has 4 nitrogen and oxygen atoms in total. The lowest BCUT2D eigenvalue weighted by Crippen LogP contribution is -2.03. The fourth-order valence-electron chi connectivity index (χ4n) is 1.54. The number of benzene rings is 1. The van der Waals surface area contributed by atoms with E-state index in [-0.39, 0.29) is 17.9 Å². The standard InChI is InChI=1S/C12H13F2N3OS/c1-2-18-10-11(15)17-19-12(10)16-6-7-5-8(13)3-4-9(7)14/h3-5,16H,2,6H2,1H3,(H2,15,17). The molecule has 2 aromatic rings. The van der Waals surface area contributed by atoms with Gasteiger partial charge in [0.2, 0.25) is 0 Å². The summed E-state index contributed by atoms with van der Waals surface area (Å²) in [5.41, 5.74) is 5.88. The van der Waals surface area contributed by atoms with Crippen molar-refractivity contribution in [2.75, 3.05) is 17.7 Å². The molecule has 102 valence electrons. The molecule has 3 N–H and O–H groups in total. The van der Waals surface area contributed by atoms with E-state index in [4.69, 9.17) is 10.5 Å². The fraction of sp³-hybridized carbons (Fsp3) is 0.250. The third-order valence-electron chi connectivity index (χ3n) is 2.41. The van der Waals surface area contributed by atoms with E-state index in [1.807, 2.05) is 6.92 Å². The van der Waals surface area contributed by atoms with Gasteiger partial charge in [0, 0.05) is 12.1 Å². The van der Waals surface area contributed by atoms with Crippen molar-refractivity contribution in [3.05, 3.63) is 35.4 Å². The maximum atomic E-state index is 13.5. The number of hydrogen-bond donors (Lipinski definition) is 2. The number of anilines is 2. The van der Waals surface area contributed by atoms with Crippen molar-refractivity contribution in [1.82, 2.24) is 4.37 Å². The van der Waals surface area contributed by atoms with Gasteiger partial charge < -0.3 is 15.8 Å². The first-order valence-corrected chi connectivity index (χ1v) is 6.45. The van der Waals surface area contributed by atoms with Gasteiger partial charge in [0.1, 0.15) is 11.6 Å². The van der Waals surface area contributed by atoms with Crippen LogP contribution < -0.4 is 15.8 Å². The number of rotatable bonds is 5. The minimum Gasteiger partial charge on any atom is -0.487 e. The summed E-state index contributed by atoms with van der Waals surface area (Å²) in [6.45, 7) is 2.41. The molecule has 0 bridgehead atoms. The van der Waals surface area contributed by atoms with E-state index in [0.29, 0.717) is 17.4 Å². The van der Waals surface area contributed by atoms with Crippen LogP contribution in [0, 0.1) is 11.6 Å². The van der Waals surface area contributed by atoms with Crippen molar-refractivity contribution in [3.63, 3.8) is 0 Å². The summed E-state index contributed by atoms with van der Waals surface area (Å²) in [6.07, 6.45) is 0. The lowest BCUT2D eigenvalue weighted by atomic mass is 10.2. The molecule has 0 aliphatic heterocycles. The topological polar surface area (TPSA) is 60.2 Å². The molecule has 0 spiro atoms. The van der Waals surface area contributed by atoms with Crippen LogP contribution in [0.1, 0.15) is 12.5 Å². The average molecular weight is 285 g/mol. The van der Waals surface area contributed by atoms with Gasteiger partial charge in [-0.05, 0) is 36.7 Å². The molecule has 0 atom stereocenters. The predicted molar refractivity (Wildman–Crippen MR) is 71.4 cm³/mol. The Bertz CT molecular complexity index is 574. The zero-order valence-electron chi connectivity index (χ0n) is 10.2. The van der Waals surface area contributed by atoms with E-state index in [2.05, 4.69) is 9.69 Å².